The zero-order valence-electron chi connectivity index (χ0n) is 5.87. The molecule has 0 rings (SSSR count). The first kappa shape index (κ1) is 13.6. The number of nitrogens with one attached hydrogen (secondary N) is 1. The SMILES string of the molecule is CONCOC[CH-]CN.[Tm]. The third-order valence-electron chi connectivity index (χ3n) is 0.708. The van der Waals surface area contributed by atoms with Crippen molar-refractivity contribution in [3.63, 3.8) is 0 Å². The Morgan fingerprint density at radius 3 is 2.80 bits per heavy atom. The molecule has 0 amide bonds. The minimum absolute atomic E-state index is 0. The molecule has 69 valence electrons. The van der Waals surface area contributed by atoms with Crippen LogP contribution in [0.2, 0.25) is 0 Å². The fraction of sp³-hybridized carbons (Fsp3) is 0.800. The molecule has 0 aromatic heterocycles. The molecule has 0 heterocycles. The van der Waals surface area contributed by atoms with Crippen molar-refractivity contribution in [3.05, 3.63) is 6.42 Å². The topological polar surface area (TPSA) is 56.5 Å². The van der Waals surface area contributed by atoms with Crippen LogP contribution < -0.4 is 11.2 Å². The Morgan fingerprint density at radius 1 is 1.60 bits per heavy atom. The molecular weight excluding hydrogens is 289 g/mol. The summed E-state index contributed by atoms with van der Waals surface area (Å²) in [4.78, 5) is 4.50. The largest absolute Gasteiger partial charge is 0.396 e. The second-order valence-corrected chi connectivity index (χ2v) is 1.39. The van der Waals surface area contributed by atoms with Crippen LogP contribution in [-0.2, 0) is 9.57 Å². The first-order valence-electron chi connectivity index (χ1n) is 2.77. The fourth-order valence-electron chi connectivity index (χ4n) is 0.311. The van der Waals surface area contributed by atoms with Gasteiger partial charge in [-0.1, -0.05) is 6.61 Å². The van der Waals surface area contributed by atoms with Gasteiger partial charge in [0.2, 0.25) is 0 Å². The van der Waals surface area contributed by atoms with Gasteiger partial charge in [0.15, 0.2) is 0 Å². The number of hydrogen-bond acceptors (Lipinski definition) is 4. The van der Waals surface area contributed by atoms with Crippen molar-refractivity contribution >= 4 is 0 Å². The van der Waals surface area contributed by atoms with Gasteiger partial charge in [-0.3, -0.25) is 6.42 Å². The summed E-state index contributed by atoms with van der Waals surface area (Å²) in [5, 5.41) is 0. The number of nitrogens with two attached hydrogens (primary N) is 1. The van der Waals surface area contributed by atoms with Crippen LogP contribution in [0.25, 0.3) is 0 Å². The predicted molar refractivity (Wildman–Crippen MR) is 34.3 cm³/mol. The van der Waals surface area contributed by atoms with Crippen molar-refractivity contribution in [1.82, 2.24) is 5.48 Å². The fourth-order valence-corrected chi connectivity index (χ4v) is 0.311. The molecule has 5 heteroatoms. The Kier molecular flexibility index (Phi) is 17.4. The third-order valence-corrected chi connectivity index (χ3v) is 0.708. The van der Waals surface area contributed by atoms with Gasteiger partial charge < -0.3 is 15.3 Å². The summed E-state index contributed by atoms with van der Waals surface area (Å²) in [6.07, 6.45) is 1.83. The van der Waals surface area contributed by atoms with E-state index in [0.29, 0.717) is 19.9 Å². The molecule has 0 saturated carbocycles. The molecule has 0 unspecified atom stereocenters. The first-order valence-corrected chi connectivity index (χ1v) is 2.77. The van der Waals surface area contributed by atoms with Gasteiger partial charge in [0.1, 0.15) is 6.73 Å². The van der Waals surface area contributed by atoms with Crippen molar-refractivity contribution in [2.45, 2.75) is 0 Å². The Hall–Kier alpha value is 1.07. The zero-order chi connectivity index (χ0) is 6.95. The molecule has 0 aromatic carbocycles. The van der Waals surface area contributed by atoms with Gasteiger partial charge in [-0.05, 0) is 0 Å². The van der Waals surface area contributed by atoms with Gasteiger partial charge in [0, 0.05) is 36.9 Å². The Balaban J connectivity index is 0. The van der Waals surface area contributed by atoms with Crippen LogP contribution in [0.15, 0.2) is 0 Å². The molecule has 0 bridgehead atoms. The molecule has 3 N–H and O–H groups in total. The van der Waals surface area contributed by atoms with Crippen LogP contribution >= 0.6 is 0 Å². The van der Waals surface area contributed by atoms with Crippen molar-refractivity contribution < 1.29 is 46.4 Å². The summed E-state index contributed by atoms with van der Waals surface area (Å²) >= 11 is 0. The predicted octanol–water partition coefficient (Wildman–Crippen LogP) is -0.726. The summed E-state index contributed by atoms with van der Waals surface area (Å²) in [5.74, 6) is 0. The number of hydrogen-bond donors (Lipinski definition) is 2. The molecule has 0 saturated heterocycles. The quantitative estimate of drug-likeness (QED) is 0.294. The van der Waals surface area contributed by atoms with Crippen molar-refractivity contribution in [3.8, 4) is 0 Å². The average Bonchev–Trinajstić information content (AvgIpc) is 1.89. The van der Waals surface area contributed by atoms with E-state index in [4.69, 9.17) is 10.5 Å². The maximum atomic E-state index is 5.16. The number of ether oxygens (including phenoxy) is 1. The standard InChI is InChI=1S/C5H13N2O2.Tm/c1-8-7-5-9-4-2-3-6;/h2,7H,3-6H2,1H3;/q-1;. The van der Waals surface area contributed by atoms with E-state index in [2.05, 4.69) is 10.3 Å². The smallest absolute Gasteiger partial charge is 0.115 e. The van der Waals surface area contributed by atoms with Gasteiger partial charge in [0.25, 0.3) is 0 Å². The molecular formula is C5H13N2O2Tm-. The summed E-state index contributed by atoms with van der Waals surface area (Å²) in [5.41, 5.74) is 7.68. The molecule has 0 aliphatic heterocycles. The van der Waals surface area contributed by atoms with E-state index in [0.717, 1.165) is 0 Å². The summed E-state index contributed by atoms with van der Waals surface area (Å²) in [7, 11) is 1.54. The minimum atomic E-state index is 0. The van der Waals surface area contributed by atoms with Gasteiger partial charge >= 0.3 is 0 Å². The van der Waals surface area contributed by atoms with Crippen LogP contribution in [0.5, 0.6) is 0 Å². The monoisotopic (exact) mass is 302 g/mol. The Bertz CT molecular complexity index is 50.9. The van der Waals surface area contributed by atoms with Crippen LogP contribution in [0, 0.1) is 43.3 Å². The Morgan fingerprint density at radius 2 is 2.30 bits per heavy atom. The molecule has 0 fully saturated rings. The van der Waals surface area contributed by atoms with Crippen LogP contribution in [0.1, 0.15) is 0 Å². The van der Waals surface area contributed by atoms with Crippen molar-refractivity contribution in [2.24, 2.45) is 5.73 Å². The molecule has 4 nitrogen and oxygen atoms in total. The average molecular weight is 302 g/mol. The van der Waals surface area contributed by atoms with Crippen LogP contribution in [0.3, 0.4) is 0 Å². The van der Waals surface area contributed by atoms with E-state index < -0.39 is 0 Å². The number of rotatable bonds is 6. The summed E-state index contributed by atoms with van der Waals surface area (Å²) in [6, 6.07) is 0. The molecule has 1 radical (unpaired) electrons. The summed E-state index contributed by atoms with van der Waals surface area (Å²) < 4.78 is 4.94. The van der Waals surface area contributed by atoms with Crippen molar-refractivity contribution in [2.75, 3.05) is 27.0 Å². The normalized spacial score (nSPS) is 9.00. The maximum Gasteiger partial charge on any atom is 0.115 e. The third kappa shape index (κ3) is 11.8. The second-order valence-electron chi connectivity index (χ2n) is 1.39. The molecule has 0 aliphatic carbocycles. The molecule has 0 atom stereocenters. The number of hydroxylamine groups is 1. The van der Waals surface area contributed by atoms with E-state index in [-0.39, 0.29) is 36.9 Å². The first-order chi connectivity index (χ1) is 4.41. The van der Waals surface area contributed by atoms with E-state index in [9.17, 15) is 0 Å². The van der Waals surface area contributed by atoms with E-state index in [1.807, 2.05) is 6.42 Å². The van der Waals surface area contributed by atoms with Crippen LogP contribution in [0.4, 0.5) is 0 Å². The van der Waals surface area contributed by atoms with Crippen molar-refractivity contribution in [1.29, 1.82) is 0 Å². The Labute approximate surface area is 90.6 Å². The maximum absolute atomic E-state index is 5.16. The minimum Gasteiger partial charge on any atom is -0.396 e. The van der Waals surface area contributed by atoms with Gasteiger partial charge in [-0.15, -0.1) is 6.54 Å². The van der Waals surface area contributed by atoms with Gasteiger partial charge in [-0.25, -0.2) is 0 Å². The van der Waals surface area contributed by atoms with Gasteiger partial charge in [0.05, 0.1) is 7.11 Å². The van der Waals surface area contributed by atoms with Crippen LogP contribution in [-0.4, -0.2) is 27.0 Å². The molecule has 0 aromatic rings. The van der Waals surface area contributed by atoms with E-state index >= 15 is 0 Å². The molecule has 0 aliphatic rings. The van der Waals surface area contributed by atoms with E-state index in [1.165, 1.54) is 7.11 Å². The van der Waals surface area contributed by atoms with E-state index in [1.54, 1.807) is 0 Å². The zero-order valence-corrected chi connectivity index (χ0v) is 7.65. The summed E-state index contributed by atoms with van der Waals surface area (Å²) in [6.45, 7) is 1.51. The second kappa shape index (κ2) is 12.7. The molecule has 0 spiro atoms. The molecule has 10 heavy (non-hydrogen) atoms. The van der Waals surface area contributed by atoms with Gasteiger partial charge in [-0.2, -0.15) is 5.48 Å².